The molecular formula is C16H26N4. The molecule has 0 spiro atoms. The minimum absolute atomic E-state index is 0.615. The summed E-state index contributed by atoms with van der Waals surface area (Å²) in [6, 6.07) is 5.78. The molecule has 1 aliphatic carbocycles. The molecule has 0 amide bonds. The van der Waals surface area contributed by atoms with Crippen LogP contribution in [0.15, 0.2) is 18.3 Å². The molecular weight excluding hydrogens is 248 g/mol. The maximum Gasteiger partial charge on any atom is 0.129 e. The van der Waals surface area contributed by atoms with Crippen molar-refractivity contribution in [1.82, 2.24) is 15.2 Å². The fourth-order valence-electron chi connectivity index (χ4n) is 3.03. The van der Waals surface area contributed by atoms with Gasteiger partial charge in [0.1, 0.15) is 5.82 Å². The summed E-state index contributed by atoms with van der Waals surface area (Å²) in [5.41, 5.74) is 1.36. The molecule has 2 fully saturated rings. The van der Waals surface area contributed by atoms with Gasteiger partial charge in [0.2, 0.25) is 0 Å². The summed E-state index contributed by atoms with van der Waals surface area (Å²) in [5, 5.41) is 3.58. The fourth-order valence-corrected chi connectivity index (χ4v) is 3.03. The zero-order valence-electron chi connectivity index (χ0n) is 12.7. The number of pyridine rings is 1. The zero-order valence-corrected chi connectivity index (χ0v) is 12.7. The molecule has 0 radical (unpaired) electrons. The van der Waals surface area contributed by atoms with Gasteiger partial charge in [-0.2, -0.15) is 0 Å². The van der Waals surface area contributed by atoms with Crippen molar-refractivity contribution >= 4 is 5.82 Å². The van der Waals surface area contributed by atoms with Gasteiger partial charge in [-0.1, -0.05) is 0 Å². The van der Waals surface area contributed by atoms with Crippen LogP contribution in [0.3, 0.4) is 0 Å². The van der Waals surface area contributed by atoms with E-state index >= 15 is 0 Å². The molecule has 2 heterocycles. The Bertz CT molecular complexity index is 442. The van der Waals surface area contributed by atoms with Gasteiger partial charge in [0.15, 0.2) is 0 Å². The van der Waals surface area contributed by atoms with E-state index in [1.165, 1.54) is 31.2 Å². The lowest BCUT2D eigenvalue weighted by atomic mass is 10.2. The number of nitrogens with zero attached hydrogens (tertiary/aromatic N) is 3. The summed E-state index contributed by atoms with van der Waals surface area (Å²) >= 11 is 0. The maximum atomic E-state index is 4.60. The molecule has 0 aromatic carbocycles. The molecule has 1 aliphatic heterocycles. The second-order valence-electron chi connectivity index (χ2n) is 6.43. The fraction of sp³-hybridized carbons (Fsp3) is 0.688. The molecule has 20 heavy (non-hydrogen) atoms. The summed E-state index contributed by atoms with van der Waals surface area (Å²) < 4.78 is 0. The molecule has 1 atom stereocenters. The number of hydrogen-bond acceptors (Lipinski definition) is 4. The molecule has 1 aromatic rings. The maximum absolute atomic E-state index is 4.60. The smallest absolute Gasteiger partial charge is 0.129 e. The van der Waals surface area contributed by atoms with E-state index in [9.17, 15) is 0 Å². The van der Waals surface area contributed by atoms with E-state index in [0.29, 0.717) is 6.04 Å². The highest BCUT2D eigenvalue weighted by atomic mass is 15.3. The first-order valence-electron chi connectivity index (χ1n) is 7.82. The highest BCUT2D eigenvalue weighted by molar-refractivity contribution is 5.43. The van der Waals surface area contributed by atoms with Crippen molar-refractivity contribution in [1.29, 1.82) is 0 Å². The predicted molar refractivity (Wildman–Crippen MR) is 83.0 cm³/mol. The second kappa shape index (κ2) is 6.10. The highest BCUT2D eigenvalue weighted by Gasteiger charge is 2.26. The normalized spacial score (nSPS) is 22.8. The lowest BCUT2D eigenvalue weighted by molar-refractivity contribution is 0.371. The SMILES string of the molecule is CN(C)CC1CCCN1c1cc(CNC2CC2)ccn1. The lowest BCUT2D eigenvalue weighted by Gasteiger charge is -2.28. The molecule has 4 nitrogen and oxygen atoms in total. The second-order valence-corrected chi connectivity index (χ2v) is 6.43. The summed E-state index contributed by atoms with van der Waals surface area (Å²) in [6.45, 7) is 3.24. The lowest BCUT2D eigenvalue weighted by Crippen LogP contribution is -2.38. The highest BCUT2D eigenvalue weighted by Crippen LogP contribution is 2.25. The van der Waals surface area contributed by atoms with Gasteiger partial charge in [0, 0.05) is 37.9 Å². The van der Waals surface area contributed by atoms with Gasteiger partial charge < -0.3 is 15.1 Å². The van der Waals surface area contributed by atoms with Crippen molar-refractivity contribution in [2.24, 2.45) is 0 Å². The summed E-state index contributed by atoms with van der Waals surface area (Å²) in [6.07, 6.45) is 7.21. The topological polar surface area (TPSA) is 31.4 Å². The van der Waals surface area contributed by atoms with Crippen LogP contribution in [0.2, 0.25) is 0 Å². The zero-order chi connectivity index (χ0) is 13.9. The molecule has 110 valence electrons. The quantitative estimate of drug-likeness (QED) is 0.858. The van der Waals surface area contributed by atoms with Crippen molar-refractivity contribution in [3.05, 3.63) is 23.9 Å². The van der Waals surface area contributed by atoms with Crippen LogP contribution in [-0.4, -0.2) is 49.2 Å². The number of likely N-dealkylation sites (N-methyl/N-ethyl adjacent to an activating group) is 1. The van der Waals surface area contributed by atoms with Crippen LogP contribution in [-0.2, 0) is 6.54 Å². The summed E-state index contributed by atoms with van der Waals surface area (Å²) in [4.78, 5) is 9.37. The van der Waals surface area contributed by atoms with E-state index in [2.05, 4.69) is 46.3 Å². The van der Waals surface area contributed by atoms with Gasteiger partial charge in [0.05, 0.1) is 0 Å². The van der Waals surface area contributed by atoms with Crippen LogP contribution in [0.1, 0.15) is 31.2 Å². The molecule has 1 saturated heterocycles. The molecule has 3 rings (SSSR count). The molecule has 1 unspecified atom stereocenters. The first-order valence-corrected chi connectivity index (χ1v) is 7.82. The molecule has 1 N–H and O–H groups in total. The molecule has 2 aliphatic rings. The van der Waals surface area contributed by atoms with E-state index in [0.717, 1.165) is 31.5 Å². The molecule has 1 saturated carbocycles. The minimum atomic E-state index is 0.615. The third-order valence-electron chi connectivity index (χ3n) is 4.23. The minimum Gasteiger partial charge on any atom is -0.352 e. The first kappa shape index (κ1) is 13.8. The number of anilines is 1. The molecule has 4 heteroatoms. The number of nitrogens with one attached hydrogen (secondary N) is 1. The van der Waals surface area contributed by atoms with E-state index < -0.39 is 0 Å². The van der Waals surface area contributed by atoms with E-state index in [4.69, 9.17) is 0 Å². The van der Waals surface area contributed by atoms with Crippen molar-refractivity contribution in [3.63, 3.8) is 0 Å². The Labute approximate surface area is 122 Å². The van der Waals surface area contributed by atoms with E-state index in [-0.39, 0.29) is 0 Å². The van der Waals surface area contributed by atoms with Gasteiger partial charge in [-0.3, -0.25) is 0 Å². The molecule has 1 aromatic heterocycles. The Hall–Kier alpha value is -1.13. The third kappa shape index (κ3) is 3.49. The monoisotopic (exact) mass is 274 g/mol. The van der Waals surface area contributed by atoms with Crippen LogP contribution >= 0.6 is 0 Å². The predicted octanol–water partition coefficient (Wildman–Crippen LogP) is 1.86. The van der Waals surface area contributed by atoms with Gasteiger partial charge in [0.25, 0.3) is 0 Å². The Balaban J connectivity index is 1.66. The van der Waals surface area contributed by atoms with E-state index in [1.54, 1.807) is 0 Å². The van der Waals surface area contributed by atoms with Crippen molar-refractivity contribution in [3.8, 4) is 0 Å². The first-order chi connectivity index (χ1) is 9.72. The largest absolute Gasteiger partial charge is 0.352 e. The van der Waals surface area contributed by atoms with Crippen LogP contribution in [0.25, 0.3) is 0 Å². The Morgan fingerprint density at radius 2 is 2.20 bits per heavy atom. The van der Waals surface area contributed by atoms with Crippen LogP contribution in [0.4, 0.5) is 5.82 Å². The van der Waals surface area contributed by atoms with Gasteiger partial charge >= 0.3 is 0 Å². The van der Waals surface area contributed by atoms with Crippen molar-refractivity contribution in [2.45, 2.75) is 44.3 Å². The number of hydrogen-bond donors (Lipinski definition) is 1. The summed E-state index contributed by atoms with van der Waals surface area (Å²) in [7, 11) is 4.31. The molecule has 0 bridgehead atoms. The number of aromatic nitrogens is 1. The van der Waals surface area contributed by atoms with Crippen LogP contribution in [0, 0.1) is 0 Å². The van der Waals surface area contributed by atoms with E-state index in [1.807, 2.05) is 6.20 Å². The van der Waals surface area contributed by atoms with Gasteiger partial charge in [-0.05, 0) is 57.5 Å². The third-order valence-corrected chi connectivity index (χ3v) is 4.23. The Morgan fingerprint density at radius 3 is 2.95 bits per heavy atom. The van der Waals surface area contributed by atoms with Gasteiger partial charge in [-0.25, -0.2) is 4.98 Å². The average molecular weight is 274 g/mol. The Morgan fingerprint density at radius 1 is 1.35 bits per heavy atom. The van der Waals surface area contributed by atoms with Crippen molar-refractivity contribution in [2.75, 3.05) is 32.1 Å². The van der Waals surface area contributed by atoms with Gasteiger partial charge in [-0.15, -0.1) is 0 Å². The van der Waals surface area contributed by atoms with Crippen molar-refractivity contribution < 1.29 is 0 Å². The Kier molecular flexibility index (Phi) is 4.22. The standard InChI is InChI=1S/C16H26N4/c1-19(2)12-15-4-3-9-20(15)16-10-13(7-8-17-16)11-18-14-5-6-14/h7-8,10,14-15,18H,3-6,9,11-12H2,1-2H3. The number of rotatable bonds is 6. The average Bonchev–Trinajstić information content (AvgIpc) is 3.15. The summed E-state index contributed by atoms with van der Waals surface area (Å²) in [5.74, 6) is 1.16. The van der Waals surface area contributed by atoms with Crippen LogP contribution < -0.4 is 10.2 Å². The van der Waals surface area contributed by atoms with Crippen LogP contribution in [0.5, 0.6) is 0 Å².